The maximum absolute atomic E-state index is 14.0. The fraction of sp³-hybridized carbons (Fsp3) is 0.919. The summed E-state index contributed by atoms with van der Waals surface area (Å²) < 4.78 is 30.0. The summed E-state index contributed by atoms with van der Waals surface area (Å²) in [5, 5.41) is 114. The molecule has 7 rings (SSSR count). The van der Waals surface area contributed by atoms with Gasteiger partial charge in [0.25, 0.3) is 0 Å². The van der Waals surface area contributed by atoms with Gasteiger partial charge in [-0.2, -0.15) is 0 Å². The summed E-state index contributed by atoms with van der Waals surface area (Å²) in [5.41, 5.74) is 6.25. The van der Waals surface area contributed by atoms with Crippen molar-refractivity contribution in [2.45, 2.75) is 155 Å². The first-order valence-electron chi connectivity index (χ1n) is 20.6. The van der Waals surface area contributed by atoms with Crippen LogP contribution < -0.4 is 21.5 Å². The summed E-state index contributed by atoms with van der Waals surface area (Å²) in [6.45, 7) is 0.746. The maximum atomic E-state index is 14.0. The van der Waals surface area contributed by atoms with E-state index in [4.69, 9.17) is 29.4 Å². The van der Waals surface area contributed by atoms with Gasteiger partial charge in [0.15, 0.2) is 6.10 Å². The average molecular weight is 835 g/mol. The molecule has 15 N–H and O–H groups in total. The maximum Gasteiger partial charge on any atom is 0.340 e. The molecule has 2 saturated carbocycles. The number of hydrogen-bond acceptors (Lipinski definition) is 19. The van der Waals surface area contributed by atoms with Crippen molar-refractivity contribution in [1.29, 1.82) is 0 Å². The van der Waals surface area contributed by atoms with Crippen LogP contribution in [-0.4, -0.2) is 188 Å². The van der Waals surface area contributed by atoms with Crippen molar-refractivity contribution in [2.24, 2.45) is 41.2 Å². The van der Waals surface area contributed by atoms with Crippen LogP contribution in [0.3, 0.4) is 0 Å². The van der Waals surface area contributed by atoms with Gasteiger partial charge < -0.3 is 90.2 Å². The standard InChI is InChI=1S/C37H59N3O18/c1-39-11-14-7-15(13-3-5-22(38)40-10-13)23-21(9-20-24(25(23)44)18(43)8-19(54-20)12-2-4-16(41)17(42)6-12)57-37(14)33(50)29(48)28(47)32(58-37)35(53)56-36-30(49)26(45)27(46)31(55-36)34(51)52/h12-17,19-33,36,39-42,44-50H,2-11,38H2,1H3,(H,51,52)/p+1/t12?,13?,14-,15+,16?,17?,19?,20?,21?,22?,23?,24?,25?,26-,27-,28-,29-,30+,31-,32-,33+,36-,37+/m0/s1. The molecule has 7 aliphatic rings. The predicted octanol–water partition coefficient (Wildman–Crippen LogP) is -9.02. The van der Waals surface area contributed by atoms with Gasteiger partial charge >= 0.3 is 5.97 Å². The number of carbonyl (C=O) groups is 3. The van der Waals surface area contributed by atoms with Crippen LogP contribution >= 0.6 is 0 Å². The second-order valence-electron chi connectivity index (χ2n) is 17.6. The zero-order valence-electron chi connectivity index (χ0n) is 32.2. The number of aliphatic hydroxyl groups is 9. The Morgan fingerprint density at radius 1 is 0.810 bits per heavy atom. The normalized spacial score (nSPS) is 52.6. The molecule has 0 aromatic heterocycles. The minimum absolute atomic E-state index is 0.00680. The van der Waals surface area contributed by atoms with Crippen molar-refractivity contribution in [2.75, 3.05) is 20.1 Å². The molecule has 0 aromatic carbocycles. The lowest BCUT2D eigenvalue weighted by molar-refractivity contribution is -0.704. The first-order chi connectivity index (χ1) is 27.5. The number of hydrogen-bond donors (Lipinski definition) is 12. The van der Waals surface area contributed by atoms with Gasteiger partial charge in [0, 0.05) is 31.1 Å². The number of aliphatic hydroxyl groups excluding tert-OH is 9. The van der Waals surface area contributed by atoms with E-state index in [1.165, 1.54) is 0 Å². The number of carboxylic acid groups (broad SMARTS) is 1. The molecule has 5 aliphatic heterocycles. The molecular formula is C37H60N3O18+. The van der Waals surface area contributed by atoms with E-state index in [-0.39, 0.29) is 61.9 Å². The van der Waals surface area contributed by atoms with E-state index in [9.17, 15) is 65.4 Å². The Hall–Kier alpha value is -2.03. The van der Waals surface area contributed by atoms with Gasteiger partial charge in [0.2, 0.25) is 12.1 Å². The van der Waals surface area contributed by atoms with Gasteiger partial charge in [-0.1, -0.05) is 0 Å². The third-order valence-corrected chi connectivity index (χ3v) is 14.2. The highest BCUT2D eigenvalue weighted by molar-refractivity contribution is 5.83. The SMILES string of the molecule is C[NH2+]C[C@@H]1C[C@H](C2CCC(N)[NH2+]C2)C2C(CC3OC(C4CCC(O)C(O)C4)CC(=O)C3C2O)O[C@@]12O[C@H](C(=O)O[C@@H]1O[C@H](C(=O)[O-])[C@@H](O)[C@H](O)[C@H]1O)[C@@H](O)[C@H](O)[C@H]2O. The number of esters is 1. The second kappa shape index (κ2) is 17.4. The van der Waals surface area contributed by atoms with Gasteiger partial charge in [-0.3, -0.25) is 10.5 Å². The molecule has 58 heavy (non-hydrogen) atoms. The van der Waals surface area contributed by atoms with E-state index in [2.05, 4.69) is 0 Å². The van der Waals surface area contributed by atoms with Crippen molar-refractivity contribution >= 4 is 17.7 Å². The zero-order valence-corrected chi connectivity index (χ0v) is 32.2. The van der Waals surface area contributed by atoms with Crippen LogP contribution in [0.15, 0.2) is 0 Å². The molecule has 330 valence electrons. The van der Waals surface area contributed by atoms with Crippen molar-refractivity contribution < 1.29 is 99.8 Å². The van der Waals surface area contributed by atoms with E-state index in [1.54, 1.807) is 12.4 Å². The summed E-state index contributed by atoms with van der Waals surface area (Å²) in [4.78, 5) is 39.5. The number of nitrogens with two attached hydrogens (primary N) is 3. The molecule has 0 aromatic rings. The molecule has 0 radical (unpaired) electrons. The molecule has 0 amide bonds. The zero-order chi connectivity index (χ0) is 42.0. The smallest absolute Gasteiger partial charge is 0.340 e. The first kappa shape index (κ1) is 44.0. The van der Waals surface area contributed by atoms with E-state index in [0.29, 0.717) is 32.2 Å². The van der Waals surface area contributed by atoms with Crippen LogP contribution in [0.2, 0.25) is 0 Å². The summed E-state index contributed by atoms with van der Waals surface area (Å²) in [7, 11) is 1.74. The lowest BCUT2D eigenvalue weighted by Gasteiger charge is -2.53. The van der Waals surface area contributed by atoms with Crippen LogP contribution in [0.25, 0.3) is 0 Å². The summed E-state index contributed by atoms with van der Waals surface area (Å²) in [5.74, 6) is -9.22. The Labute approximate surface area is 333 Å². The highest BCUT2D eigenvalue weighted by atomic mass is 16.8. The van der Waals surface area contributed by atoms with Crippen molar-refractivity contribution in [1.82, 2.24) is 0 Å². The third-order valence-electron chi connectivity index (χ3n) is 14.2. The highest BCUT2D eigenvalue weighted by Gasteiger charge is 2.67. The lowest BCUT2D eigenvalue weighted by Crippen LogP contribution is -2.95. The molecular weight excluding hydrogens is 774 g/mol. The number of carbonyl (C=O) groups excluding carboxylic acids is 3. The lowest BCUT2D eigenvalue weighted by atomic mass is 9.61. The van der Waals surface area contributed by atoms with Gasteiger partial charge in [-0.15, -0.1) is 0 Å². The summed E-state index contributed by atoms with van der Waals surface area (Å²) >= 11 is 0. The Morgan fingerprint density at radius 3 is 2.17 bits per heavy atom. The number of piperidine rings is 1. The number of Topliss-reactive ketones (excluding diaryl/α,β-unsaturated/α-hetero) is 1. The van der Waals surface area contributed by atoms with Gasteiger partial charge in [-0.05, 0) is 43.9 Å². The monoisotopic (exact) mass is 834 g/mol. The number of quaternary nitrogens is 2. The van der Waals surface area contributed by atoms with Gasteiger partial charge in [-0.25, -0.2) is 4.79 Å². The molecule has 2 aliphatic carbocycles. The van der Waals surface area contributed by atoms with Crippen molar-refractivity contribution in [3.05, 3.63) is 0 Å². The first-order valence-corrected chi connectivity index (χ1v) is 20.6. The Morgan fingerprint density at radius 2 is 1.52 bits per heavy atom. The minimum atomic E-state index is -2.29. The van der Waals surface area contributed by atoms with Crippen molar-refractivity contribution in [3.63, 3.8) is 0 Å². The Balaban J connectivity index is 1.22. The van der Waals surface area contributed by atoms with E-state index in [0.717, 1.165) is 0 Å². The molecule has 11 unspecified atom stereocenters. The molecule has 1 spiro atoms. The van der Waals surface area contributed by atoms with Crippen LogP contribution in [0.5, 0.6) is 0 Å². The van der Waals surface area contributed by atoms with Crippen LogP contribution in [-0.2, 0) is 38.1 Å². The molecule has 23 atom stereocenters. The van der Waals surface area contributed by atoms with Crippen LogP contribution in [0.1, 0.15) is 51.4 Å². The van der Waals surface area contributed by atoms with Gasteiger partial charge in [0.05, 0.1) is 74.6 Å². The molecule has 5 saturated heterocycles. The molecule has 7 fully saturated rings. The number of ketones is 1. The second-order valence-corrected chi connectivity index (χ2v) is 17.6. The van der Waals surface area contributed by atoms with Crippen LogP contribution in [0, 0.1) is 35.5 Å². The highest BCUT2D eigenvalue weighted by Crippen LogP contribution is 2.54. The number of rotatable bonds is 7. The summed E-state index contributed by atoms with van der Waals surface area (Å²) in [6, 6.07) is 0. The third kappa shape index (κ3) is 7.96. The predicted molar refractivity (Wildman–Crippen MR) is 185 cm³/mol. The Bertz CT molecular complexity index is 1490. The molecule has 21 nitrogen and oxygen atoms in total. The van der Waals surface area contributed by atoms with E-state index >= 15 is 0 Å². The minimum Gasteiger partial charge on any atom is -0.547 e. The molecule has 0 bridgehead atoms. The average Bonchev–Trinajstić information content (AvgIpc) is 3.31. The number of fused-ring (bicyclic) bond motifs is 2. The molecule has 21 heteroatoms. The van der Waals surface area contributed by atoms with E-state index in [1.807, 2.05) is 5.32 Å². The number of ether oxygens (including phenoxy) is 5. The van der Waals surface area contributed by atoms with Crippen molar-refractivity contribution in [3.8, 4) is 0 Å². The van der Waals surface area contributed by atoms with E-state index < -0.39 is 127 Å². The fourth-order valence-electron chi connectivity index (χ4n) is 11.1. The Kier molecular flexibility index (Phi) is 13.2. The fourth-order valence-corrected chi connectivity index (χ4v) is 11.1. The largest absolute Gasteiger partial charge is 0.547 e. The van der Waals surface area contributed by atoms with Crippen LogP contribution in [0.4, 0.5) is 0 Å². The number of aliphatic carboxylic acids is 1. The quantitative estimate of drug-likeness (QED) is 0.106. The topological polar surface area (TPSA) is 362 Å². The number of carboxylic acids is 1. The van der Waals surface area contributed by atoms with Gasteiger partial charge in [0.1, 0.15) is 54.7 Å². The molecule has 5 heterocycles. The summed E-state index contributed by atoms with van der Waals surface area (Å²) in [6.07, 6.45) is -22.6.